The Morgan fingerprint density at radius 1 is 1.22 bits per heavy atom. The first-order valence-corrected chi connectivity index (χ1v) is 11.8. The lowest BCUT2D eigenvalue weighted by Crippen LogP contribution is -2.40. The highest BCUT2D eigenvalue weighted by molar-refractivity contribution is 7.13. The number of methoxy groups -OCH3 is 1. The number of aliphatic hydroxyl groups excluding tert-OH is 2. The van der Waals surface area contributed by atoms with Crippen LogP contribution in [0.1, 0.15) is 65.2 Å². The van der Waals surface area contributed by atoms with E-state index in [1.165, 1.54) is 18.4 Å². The summed E-state index contributed by atoms with van der Waals surface area (Å²) in [7, 11) is 1.34. The van der Waals surface area contributed by atoms with Crippen molar-refractivity contribution in [3.8, 4) is 0 Å². The highest BCUT2D eigenvalue weighted by Crippen LogP contribution is 2.30. The van der Waals surface area contributed by atoms with Gasteiger partial charge in [-0.1, -0.05) is 38.3 Å². The van der Waals surface area contributed by atoms with Crippen molar-refractivity contribution in [3.05, 3.63) is 51.7 Å². The second-order valence-corrected chi connectivity index (χ2v) is 9.15. The summed E-state index contributed by atoms with van der Waals surface area (Å²) in [5.74, 6) is -0.547. The van der Waals surface area contributed by atoms with Crippen LogP contribution >= 0.6 is 11.3 Å². The summed E-state index contributed by atoms with van der Waals surface area (Å²) in [5, 5.41) is 20.8. The average Bonchev–Trinajstić information content (AvgIpc) is 3.37. The summed E-state index contributed by atoms with van der Waals surface area (Å²) in [5.41, 5.74) is 1.50. The summed E-state index contributed by atoms with van der Waals surface area (Å²) in [6.07, 6.45) is 2.58. The number of nitrogens with zero attached hydrogens (tertiary/aromatic N) is 1. The van der Waals surface area contributed by atoms with Gasteiger partial charge in [-0.15, -0.1) is 11.3 Å². The molecule has 3 rings (SSSR count). The number of carbonyl (C=O) groups is 2. The van der Waals surface area contributed by atoms with Crippen LogP contribution in [0.3, 0.4) is 0 Å². The first-order chi connectivity index (χ1) is 15.4. The van der Waals surface area contributed by atoms with Crippen LogP contribution in [-0.2, 0) is 20.9 Å². The lowest BCUT2D eigenvalue weighted by Gasteiger charge is -2.26. The van der Waals surface area contributed by atoms with E-state index in [-0.39, 0.29) is 31.5 Å². The third kappa shape index (κ3) is 5.95. The van der Waals surface area contributed by atoms with Crippen molar-refractivity contribution in [1.82, 2.24) is 0 Å². The van der Waals surface area contributed by atoms with Crippen molar-refractivity contribution < 1.29 is 29.3 Å². The van der Waals surface area contributed by atoms with Crippen molar-refractivity contribution in [2.24, 2.45) is 0 Å². The van der Waals surface area contributed by atoms with Crippen molar-refractivity contribution in [1.29, 1.82) is 0 Å². The highest BCUT2D eigenvalue weighted by Gasteiger charge is 2.39. The number of unbranched alkanes of at least 4 members (excludes halogenated alkanes) is 2. The Kier molecular flexibility index (Phi) is 8.81. The quantitative estimate of drug-likeness (QED) is 0.390. The number of rotatable bonds is 11. The van der Waals surface area contributed by atoms with Crippen LogP contribution in [0.4, 0.5) is 5.69 Å². The molecule has 2 N–H and O–H groups in total. The van der Waals surface area contributed by atoms with Crippen LogP contribution in [-0.4, -0.2) is 48.0 Å². The molecule has 8 heteroatoms. The third-order valence-electron chi connectivity index (χ3n) is 5.65. The maximum Gasteiger partial charge on any atom is 0.348 e. The lowest BCUT2D eigenvalue weighted by atomic mass is 10.0. The summed E-state index contributed by atoms with van der Waals surface area (Å²) < 4.78 is 10.5. The van der Waals surface area contributed by atoms with Crippen molar-refractivity contribution in [2.75, 3.05) is 18.6 Å². The number of hydrogen-bond acceptors (Lipinski definition) is 7. The van der Waals surface area contributed by atoms with Crippen molar-refractivity contribution in [2.45, 2.75) is 63.9 Å². The third-order valence-corrected chi connectivity index (χ3v) is 6.69. The van der Waals surface area contributed by atoms with Crippen LogP contribution in [0.25, 0.3) is 0 Å². The molecule has 0 spiro atoms. The fraction of sp³-hybridized carbons (Fsp3) is 0.500. The van der Waals surface area contributed by atoms with E-state index in [1.54, 1.807) is 17.0 Å². The minimum absolute atomic E-state index is 0.0426. The van der Waals surface area contributed by atoms with Gasteiger partial charge in [0.1, 0.15) is 4.88 Å². The maximum atomic E-state index is 12.5. The minimum atomic E-state index is -0.823. The molecule has 1 aliphatic heterocycles. The van der Waals surface area contributed by atoms with Gasteiger partial charge in [-0.25, -0.2) is 4.79 Å². The molecule has 0 bridgehead atoms. The predicted molar refractivity (Wildman–Crippen MR) is 123 cm³/mol. The SMILES string of the molecule is CCCCCC(O)c1ccc(N2C(=O)CC(O)C2COCc2ccc(C(=O)OC)s2)cc1. The molecule has 0 radical (unpaired) electrons. The molecule has 32 heavy (non-hydrogen) atoms. The molecular formula is C24H31NO6S. The Morgan fingerprint density at radius 3 is 2.66 bits per heavy atom. The summed E-state index contributed by atoms with van der Waals surface area (Å²) >= 11 is 1.29. The molecule has 2 heterocycles. The molecule has 0 aliphatic carbocycles. The van der Waals surface area contributed by atoms with Gasteiger partial charge in [0.2, 0.25) is 5.91 Å². The number of carbonyl (C=O) groups excluding carboxylic acids is 2. The summed E-state index contributed by atoms with van der Waals surface area (Å²) in [6.45, 7) is 2.57. The number of thiophene rings is 1. The molecule has 1 aromatic carbocycles. The van der Waals surface area contributed by atoms with Crippen molar-refractivity contribution >= 4 is 28.9 Å². The van der Waals surface area contributed by atoms with Crippen LogP contribution in [0.15, 0.2) is 36.4 Å². The van der Waals surface area contributed by atoms with E-state index in [0.29, 0.717) is 17.0 Å². The Balaban J connectivity index is 1.60. The van der Waals surface area contributed by atoms with Gasteiger partial charge in [-0.2, -0.15) is 0 Å². The fourth-order valence-electron chi connectivity index (χ4n) is 3.85. The van der Waals surface area contributed by atoms with E-state index < -0.39 is 18.2 Å². The molecule has 1 saturated heterocycles. The topological polar surface area (TPSA) is 96.3 Å². The summed E-state index contributed by atoms with van der Waals surface area (Å²) in [6, 6.07) is 10.3. The van der Waals surface area contributed by atoms with Crippen LogP contribution in [0.5, 0.6) is 0 Å². The van der Waals surface area contributed by atoms with E-state index in [2.05, 4.69) is 6.92 Å². The normalized spacial score (nSPS) is 19.4. The largest absolute Gasteiger partial charge is 0.465 e. The Morgan fingerprint density at radius 2 is 1.97 bits per heavy atom. The van der Waals surface area contributed by atoms with E-state index in [0.717, 1.165) is 29.7 Å². The van der Waals surface area contributed by atoms with E-state index in [1.807, 2.05) is 24.3 Å². The average molecular weight is 462 g/mol. The van der Waals surface area contributed by atoms with E-state index in [4.69, 9.17) is 9.47 Å². The monoisotopic (exact) mass is 461 g/mol. The first kappa shape index (κ1) is 24.4. The van der Waals surface area contributed by atoms with E-state index >= 15 is 0 Å². The van der Waals surface area contributed by atoms with Gasteiger partial charge < -0.3 is 24.6 Å². The Bertz CT molecular complexity index is 896. The zero-order valence-electron chi connectivity index (χ0n) is 18.5. The first-order valence-electron chi connectivity index (χ1n) is 11.0. The maximum absolute atomic E-state index is 12.5. The van der Waals surface area contributed by atoms with Gasteiger partial charge in [0.15, 0.2) is 0 Å². The zero-order valence-corrected chi connectivity index (χ0v) is 19.3. The minimum Gasteiger partial charge on any atom is -0.465 e. The van der Waals surface area contributed by atoms with Gasteiger partial charge in [0, 0.05) is 10.6 Å². The predicted octanol–water partition coefficient (Wildman–Crippen LogP) is 3.83. The molecule has 1 fully saturated rings. The van der Waals surface area contributed by atoms with Gasteiger partial charge in [0.05, 0.1) is 45.0 Å². The van der Waals surface area contributed by atoms with Gasteiger partial charge in [-0.3, -0.25) is 4.79 Å². The van der Waals surface area contributed by atoms with Gasteiger partial charge in [-0.05, 0) is 36.2 Å². The van der Waals surface area contributed by atoms with Crippen LogP contribution < -0.4 is 4.90 Å². The van der Waals surface area contributed by atoms with E-state index in [9.17, 15) is 19.8 Å². The molecule has 1 amide bonds. The zero-order chi connectivity index (χ0) is 23.1. The van der Waals surface area contributed by atoms with Gasteiger partial charge in [0.25, 0.3) is 0 Å². The lowest BCUT2D eigenvalue weighted by molar-refractivity contribution is -0.117. The number of amides is 1. The molecule has 1 aromatic heterocycles. The number of aliphatic hydroxyl groups is 2. The number of ether oxygens (including phenoxy) is 2. The Hall–Kier alpha value is -2.26. The molecule has 1 aliphatic rings. The smallest absolute Gasteiger partial charge is 0.348 e. The molecule has 174 valence electrons. The standard InChI is InChI=1S/C24H31NO6S/c1-3-4-5-6-20(26)16-7-9-17(10-8-16)25-19(21(27)13-23(25)28)15-31-14-18-11-12-22(32-18)24(29)30-2/h7-12,19-21,26-27H,3-6,13-15H2,1-2H3. The molecule has 3 atom stereocenters. The van der Waals surface area contributed by atoms with Crippen molar-refractivity contribution in [3.63, 3.8) is 0 Å². The number of esters is 1. The molecule has 7 nitrogen and oxygen atoms in total. The second kappa shape index (κ2) is 11.6. The number of hydrogen-bond donors (Lipinski definition) is 2. The van der Waals surface area contributed by atoms with Gasteiger partial charge >= 0.3 is 5.97 Å². The fourth-order valence-corrected chi connectivity index (χ4v) is 4.71. The number of benzene rings is 1. The molecule has 3 unspecified atom stereocenters. The number of anilines is 1. The second-order valence-electron chi connectivity index (χ2n) is 7.98. The van der Waals surface area contributed by atoms with Crippen LogP contribution in [0, 0.1) is 0 Å². The molecular weight excluding hydrogens is 430 g/mol. The van der Waals surface area contributed by atoms with Crippen LogP contribution in [0.2, 0.25) is 0 Å². The highest BCUT2D eigenvalue weighted by atomic mass is 32.1. The molecule has 2 aromatic rings. The molecule has 0 saturated carbocycles. The Labute approximate surface area is 192 Å². The summed E-state index contributed by atoms with van der Waals surface area (Å²) in [4.78, 5) is 27.1.